The molecule has 1 aromatic heterocycles. The van der Waals surface area contributed by atoms with Gasteiger partial charge in [-0.2, -0.15) is 0 Å². The van der Waals surface area contributed by atoms with Crippen molar-refractivity contribution >= 4 is 23.1 Å². The third-order valence-electron chi connectivity index (χ3n) is 5.29. The molecule has 3 aromatic rings. The largest absolute Gasteiger partial charge is 0.368 e. The molecule has 148 valence electrons. The molecule has 0 radical (unpaired) electrons. The highest BCUT2D eigenvalue weighted by Gasteiger charge is 2.19. The van der Waals surface area contributed by atoms with Crippen molar-refractivity contribution in [1.29, 1.82) is 0 Å². The van der Waals surface area contributed by atoms with E-state index in [1.165, 1.54) is 16.8 Å². The summed E-state index contributed by atoms with van der Waals surface area (Å²) in [7, 11) is 0. The monoisotopic (exact) mass is 386 g/mol. The summed E-state index contributed by atoms with van der Waals surface area (Å²) >= 11 is 0. The van der Waals surface area contributed by atoms with E-state index in [1.54, 1.807) is 12.3 Å². The number of carbonyl (C=O) groups is 1. The zero-order valence-corrected chi connectivity index (χ0v) is 16.9. The molecule has 1 N–H and O–H groups in total. The zero-order valence-electron chi connectivity index (χ0n) is 16.9. The van der Waals surface area contributed by atoms with E-state index in [2.05, 4.69) is 51.3 Å². The van der Waals surface area contributed by atoms with Gasteiger partial charge in [0.1, 0.15) is 5.82 Å². The molecule has 2 aromatic carbocycles. The molecule has 0 bridgehead atoms. The topological polar surface area (TPSA) is 48.5 Å². The number of pyridine rings is 1. The van der Waals surface area contributed by atoms with Crippen LogP contribution in [0.2, 0.25) is 0 Å². The van der Waals surface area contributed by atoms with E-state index >= 15 is 0 Å². The number of nitrogens with one attached hydrogen (secondary N) is 1. The van der Waals surface area contributed by atoms with Crippen LogP contribution in [0.15, 0.2) is 66.9 Å². The van der Waals surface area contributed by atoms with Crippen molar-refractivity contribution in [2.75, 3.05) is 41.3 Å². The Balaban J connectivity index is 1.41. The van der Waals surface area contributed by atoms with Crippen LogP contribution in [0.5, 0.6) is 0 Å². The quantitative estimate of drug-likeness (QED) is 0.727. The lowest BCUT2D eigenvalue weighted by Crippen LogP contribution is -2.46. The first kappa shape index (κ1) is 19.0. The molecular formula is C24H26N4O. The van der Waals surface area contributed by atoms with E-state index in [-0.39, 0.29) is 5.91 Å². The predicted octanol–water partition coefficient (Wildman–Crippen LogP) is 4.28. The fraction of sp³-hybridized carbons (Fsp3) is 0.250. The number of anilines is 3. The van der Waals surface area contributed by atoms with Crippen molar-refractivity contribution in [1.82, 2.24) is 4.98 Å². The highest BCUT2D eigenvalue weighted by Crippen LogP contribution is 2.21. The maximum atomic E-state index is 12.6. The van der Waals surface area contributed by atoms with Gasteiger partial charge in [-0.3, -0.25) is 4.79 Å². The number of piperazine rings is 1. The fourth-order valence-electron chi connectivity index (χ4n) is 3.59. The minimum atomic E-state index is -0.115. The third kappa shape index (κ3) is 4.57. The SMILES string of the molecule is Cc1ccc(NC(=O)c2ccnc(N3CCN(c4cccc(C)c4)CC3)c2)cc1. The molecule has 0 unspecified atom stereocenters. The van der Waals surface area contributed by atoms with Gasteiger partial charge in [0.05, 0.1) is 0 Å². The number of aryl methyl sites for hydroxylation is 2. The Hall–Kier alpha value is -3.34. The van der Waals surface area contributed by atoms with Gasteiger partial charge >= 0.3 is 0 Å². The maximum absolute atomic E-state index is 12.6. The van der Waals surface area contributed by atoms with Crippen LogP contribution < -0.4 is 15.1 Å². The molecule has 5 heteroatoms. The van der Waals surface area contributed by atoms with E-state index in [0.29, 0.717) is 5.56 Å². The molecule has 0 spiro atoms. The van der Waals surface area contributed by atoms with Crippen LogP contribution in [-0.4, -0.2) is 37.1 Å². The second kappa shape index (κ2) is 8.35. The lowest BCUT2D eigenvalue weighted by Gasteiger charge is -2.37. The summed E-state index contributed by atoms with van der Waals surface area (Å²) in [5, 5.41) is 2.96. The summed E-state index contributed by atoms with van der Waals surface area (Å²) in [6, 6.07) is 20.1. The van der Waals surface area contributed by atoms with Crippen LogP contribution in [-0.2, 0) is 0 Å². The molecule has 1 fully saturated rings. The molecule has 1 amide bonds. The van der Waals surface area contributed by atoms with Gasteiger partial charge in [0.25, 0.3) is 5.91 Å². The van der Waals surface area contributed by atoms with Gasteiger partial charge in [-0.25, -0.2) is 4.98 Å². The van der Waals surface area contributed by atoms with Gasteiger partial charge in [-0.15, -0.1) is 0 Å². The number of carbonyl (C=O) groups excluding carboxylic acids is 1. The average Bonchev–Trinajstić information content (AvgIpc) is 2.75. The Labute approximate surface area is 172 Å². The van der Waals surface area contributed by atoms with Crippen LogP contribution in [0, 0.1) is 13.8 Å². The number of rotatable bonds is 4. The predicted molar refractivity (Wildman–Crippen MR) is 119 cm³/mol. The Bertz CT molecular complexity index is 992. The van der Waals surface area contributed by atoms with Crippen molar-refractivity contribution in [2.45, 2.75) is 13.8 Å². The van der Waals surface area contributed by atoms with Gasteiger partial charge in [0, 0.05) is 49.3 Å². The Morgan fingerprint density at radius 3 is 2.31 bits per heavy atom. The van der Waals surface area contributed by atoms with Crippen molar-refractivity contribution in [3.63, 3.8) is 0 Å². The van der Waals surface area contributed by atoms with Crippen LogP contribution in [0.25, 0.3) is 0 Å². The first-order valence-corrected chi connectivity index (χ1v) is 9.99. The van der Waals surface area contributed by atoms with Gasteiger partial charge in [0.15, 0.2) is 0 Å². The van der Waals surface area contributed by atoms with Gasteiger partial charge in [-0.05, 0) is 55.8 Å². The van der Waals surface area contributed by atoms with Crippen molar-refractivity contribution < 1.29 is 4.79 Å². The lowest BCUT2D eigenvalue weighted by molar-refractivity contribution is 0.102. The smallest absolute Gasteiger partial charge is 0.255 e. The molecule has 5 nitrogen and oxygen atoms in total. The second-order valence-corrected chi connectivity index (χ2v) is 7.54. The van der Waals surface area contributed by atoms with Gasteiger partial charge in [-0.1, -0.05) is 29.8 Å². The fourth-order valence-corrected chi connectivity index (χ4v) is 3.59. The highest BCUT2D eigenvalue weighted by atomic mass is 16.1. The van der Waals surface area contributed by atoms with Gasteiger partial charge in [0.2, 0.25) is 0 Å². The number of aromatic nitrogens is 1. The highest BCUT2D eigenvalue weighted by molar-refractivity contribution is 6.04. The van der Waals surface area contributed by atoms with E-state index < -0.39 is 0 Å². The number of benzene rings is 2. The summed E-state index contributed by atoms with van der Waals surface area (Å²) < 4.78 is 0. The molecule has 0 aliphatic carbocycles. The summed E-state index contributed by atoms with van der Waals surface area (Å²) in [6.07, 6.45) is 1.71. The van der Waals surface area contributed by atoms with Crippen molar-refractivity contribution in [3.8, 4) is 0 Å². The molecule has 1 saturated heterocycles. The molecule has 4 rings (SSSR count). The molecular weight excluding hydrogens is 360 g/mol. The summed E-state index contributed by atoms with van der Waals surface area (Å²) in [6.45, 7) is 7.78. The average molecular weight is 386 g/mol. The minimum Gasteiger partial charge on any atom is -0.368 e. The molecule has 0 saturated carbocycles. The Morgan fingerprint density at radius 1 is 0.862 bits per heavy atom. The second-order valence-electron chi connectivity index (χ2n) is 7.54. The van der Waals surface area contributed by atoms with E-state index in [1.807, 2.05) is 37.3 Å². The van der Waals surface area contributed by atoms with E-state index in [0.717, 1.165) is 37.7 Å². The summed E-state index contributed by atoms with van der Waals surface area (Å²) in [5.74, 6) is 0.737. The van der Waals surface area contributed by atoms with Crippen LogP contribution in [0.1, 0.15) is 21.5 Å². The number of hydrogen-bond acceptors (Lipinski definition) is 4. The minimum absolute atomic E-state index is 0.115. The van der Waals surface area contributed by atoms with Gasteiger partial charge < -0.3 is 15.1 Å². The third-order valence-corrected chi connectivity index (χ3v) is 5.29. The number of hydrogen-bond donors (Lipinski definition) is 1. The molecule has 1 aliphatic rings. The Kier molecular flexibility index (Phi) is 5.47. The normalized spacial score (nSPS) is 14.0. The van der Waals surface area contributed by atoms with Crippen molar-refractivity contribution in [3.05, 3.63) is 83.6 Å². The zero-order chi connectivity index (χ0) is 20.2. The lowest BCUT2D eigenvalue weighted by atomic mass is 10.2. The Morgan fingerprint density at radius 2 is 1.59 bits per heavy atom. The van der Waals surface area contributed by atoms with Crippen LogP contribution in [0.3, 0.4) is 0 Å². The molecule has 1 aliphatic heterocycles. The number of amides is 1. The van der Waals surface area contributed by atoms with E-state index in [4.69, 9.17) is 0 Å². The summed E-state index contributed by atoms with van der Waals surface area (Å²) in [4.78, 5) is 21.8. The maximum Gasteiger partial charge on any atom is 0.255 e. The van der Waals surface area contributed by atoms with Crippen LogP contribution in [0.4, 0.5) is 17.2 Å². The molecule has 2 heterocycles. The first-order valence-electron chi connectivity index (χ1n) is 9.99. The van der Waals surface area contributed by atoms with Crippen molar-refractivity contribution in [2.24, 2.45) is 0 Å². The van der Waals surface area contributed by atoms with E-state index in [9.17, 15) is 4.79 Å². The first-order chi connectivity index (χ1) is 14.1. The summed E-state index contributed by atoms with van der Waals surface area (Å²) in [5.41, 5.74) is 5.13. The number of nitrogens with zero attached hydrogens (tertiary/aromatic N) is 3. The van der Waals surface area contributed by atoms with Crippen LogP contribution >= 0.6 is 0 Å². The standard InChI is InChI=1S/C24H26N4O/c1-18-6-8-21(9-7-18)26-24(29)20-10-11-25-23(17-20)28-14-12-27(13-15-28)22-5-3-4-19(2)16-22/h3-11,16-17H,12-15H2,1-2H3,(H,26,29). The molecule has 29 heavy (non-hydrogen) atoms. The molecule has 0 atom stereocenters.